The molecule has 0 amide bonds. The van der Waals surface area contributed by atoms with E-state index in [9.17, 15) is 25.9 Å². The summed E-state index contributed by atoms with van der Waals surface area (Å²) >= 11 is 0.750. The van der Waals surface area contributed by atoms with Crippen LogP contribution in [0, 0.1) is 0 Å². The maximum absolute atomic E-state index is 12.8. The molecule has 0 N–H and O–H groups in total. The summed E-state index contributed by atoms with van der Waals surface area (Å²) in [6.07, 6.45) is 86.5. The molecule has 2 aromatic carbocycles. The molecule has 0 saturated heterocycles. The molecule has 0 radical (unpaired) electrons. The van der Waals surface area contributed by atoms with Gasteiger partial charge in [0.2, 0.25) is 0 Å². The number of rotatable bonds is 72. The Labute approximate surface area is 636 Å². The zero-order chi connectivity index (χ0) is 73.7. The summed E-state index contributed by atoms with van der Waals surface area (Å²) in [6, 6.07) is 3.65. The van der Waals surface area contributed by atoms with Gasteiger partial charge in [0, 0.05) is 0 Å². The summed E-state index contributed by atoms with van der Waals surface area (Å²) in [5.41, 5.74) is 9.40. The van der Waals surface area contributed by atoms with Crippen LogP contribution in [0.1, 0.15) is 498 Å². The summed E-state index contributed by atoms with van der Waals surface area (Å²) in [7, 11) is -9.04. The van der Waals surface area contributed by atoms with E-state index in [0.29, 0.717) is 0 Å². The second-order valence-electron chi connectivity index (χ2n) is 30.9. The maximum atomic E-state index is 12.8. The van der Waals surface area contributed by atoms with Crippen molar-refractivity contribution in [2.75, 3.05) is 0 Å². The van der Waals surface area contributed by atoms with Crippen LogP contribution in [0.3, 0.4) is 0 Å². The van der Waals surface area contributed by atoms with Crippen LogP contribution in [0.5, 0.6) is 0 Å². The van der Waals surface area contributed by atoms with Gasteiger partial charge in [0.25, 0.3) is 0 Å². The first kappa shape index (κ1) is 98.8. The third-order valence-corrected chi connectivity index (χ3v) is 23.5. The molecule has 0 aliphatic rings. The normalized spacial score (nSPS) is 11.8. The second kappa shape index (κ2) is 72.0. The van der Waals surface area contributed by atoms with Crippen LogP contribution in [0.2, 0.25) is 0 Å². The predicted molar refractivity (Wildman–Crippen MR) is 431 cm³/mol. The molecular formula is C90H166O7S2Ti. The first-order valence-corrected chi connectivity index (χ1v) is 47.7. The molecule has 10 heteroatoms. The van der Waals surface area contributed by atoms with Crippen LogP contribution in [0.4, 0.5) is 0 Å². The Morgan fingerprint density at radius 2 is 0.340 bits per heavy atom. The number of aryl methyl sites for hydroxylation is 2. The number of hydrogen-bond donors (Lipinski definition) is 0. The van der Waals surface area contributed by atoms with Gasteiger partial charge in [0.1, 0.15) is 20.2 Å². The molecule has 0 heterocycles. The van der Waals surface area contributed by atoms with E-state index in [2.05, 4.69) is 55.4 Å². The Morgan fingerprint density at radius 1 is 0.200 bits per heavy atom. The van der Waals surface area contributed by atoms with Crippen LogP contribution in [-0.4, -0.2) is 25.9 Å². The molecule has 0 unspecified atom stereocenters. The van der Waals surface area contributed by atoms with E-state index in [1.165, 1.54) is 369 Å². The van der Waals surface area contributed by atoms with Crippen molar-refractivity contribution in [3.63, 3.8) is 0 Å². The van der Waals surface area contributed by atoms with Gasteiger partial charge in [-0.1, -0.05) is 415 Å². The van der Waals surface area contributed by atoms with Gasteiger partial charge in [-0.2, -0.15) is 0 Å². The Hall–Kier alpha value is -1.23. The molecule has 0 aliphatic heterocycles. The molecule has 0 bridgehead atoms. The Kier molecular flexibility index (Phi) is 71.1. The van der Waals surface area contributed by atoms with Crippen molar-refractivity contribution in [3.8, 4) is 0 Å². The number of unbranched alkanes of at least 4 members (excludes halogenated alkanes) is 54. The van der Waals surface area contributed by atoms with E-state index in [4.69, 9.17) is 3.32 Å². The number of hydrogen-bond acceptors (Lipinski definition) is 7. The Bertz CT molecular complexity index is 2190. The standard InChI is InChI=1S/2C45H84O3S.O.Ti/c2*1-5-9-12-15-18-21-24-27-30-33-37-42-41(36-8-4)40-45(49(46,47)48)44(39-35-32-29-26-23-20-17-14-11-7-3)43(42)38-34-31-28-25-22-19-16-13-10-6-2;;/h2*40H,5-39H2,1-4H3,(H,46,47,48);;/q;;;+2/p-2. The molecule has 584 valence electrons. The van der Waals surface area contributed by atoms with Crippen LogP contribution in [-0.2, 0) is 95.3 Å². The van der Waals surface area contributed by atoms with Crippen LogP contribution < -0.4 is 0 Å². The summed E-state index contributed by atoms with van der Waals surface area (Å²) in [5, 5.41) is 0. The molecule has 0 spiro atoms. The van der Waals surface area contributed by atoms with Gasteiger partial charge in [-0.25, -0.2) is 16.8 Å². The first-order chi connectivity index (χ1) is 48.8. The minimum absolute atomic E-state index is 0.112. The molecule has 0 atom stereocenters. The van der Waals surface area contributed by atoms with Gasteiger partial charge >= 0.3 is 23.7 Å². The van der Waals surface area contributed by atoms with Crippen molar-refractivity contribution in [1.82, 2.24) is 0 Å². The van der Waals surface area contributed by atoms with Crippen molar-refractivity contribution in [3.05, 3.63) is 56.6 Å². The van der Waals surface area contributed by atoms with Gasteiger partial charge in [-0.3, -0.25) is 0 Å². The molecule has 100 heavy (non-hydrogen) atoms. The third-order valence-electron chi connectivity index (χ3n) is 21.7. The van der Waals surface area contributed by atoms with E-state index < -0.39 is 20.2 Å². The summed E-state index contributed by atoms with van der Waals surface area (Å²) in [5.74, 6) is 0. The molecule has 2 aromatic rings. The van der Waals surface area contributed by atoms with Gasteiger partial charge < -0.3 is 9.11 Å². The summed E-state index contributed by atoms with van der Waals surface area (Å²) in [4.78, 5) is 0.224. The zero-order valence-electron chi connectivity index (χ0n) is 67.8. The van der Waals surface area contributed by atoms with Crippen LogP contribution in [0.15, 0.2) is 21.9 Å². The Morgan fingerprint density at radius 3 is 0.490 bits per heavy atom. The van der Waals surface area contributed by atoms with Crippen LogP contribution in [0.25, 0.3) is 0 Å². The molecule has 0 aliphatic carbocycles. The topological polar surface area (TPSA) is 131 Å². The number of benzene rings is 2. The molecule has 0 aromatic heterocycles. The first-order valence-electron chi connectivity index (χ1n) is 44.3. The molecular weight excluding hydrogens is 1300 g/mol. The fraction of sp³-hybridized carbons (Fsp3) is 0.867. The van der Waals surface area contributed by atoms with Crippen molar-refractivity contribution >= 4 is 20.2 Å². The molecule has 0 saturated carbocycles. The van der Waals surface area contributed by atoms with Crippen molar-refractivity contribution < 1.29 is 49.7 Å². The van der Waals surface area contributed by atoms with Crippen molar-refractivity contribution in [1.29, 1.82) is 0 Å². The average Bonchev–Trinajstić information content (AvgIpc) is 0.785. The van der Waals surface area contributed by atoms with Gasteiger partial charge in [0.15, 0.2) is 0 Å². The molecule has 7 nitrogen and oxygen atoms in total. The summed E-state index contributed by atoms with van der Waals surface area (Å²) in [6.45, 7) is 18.0. The second-order valence-corrected chi connectivity index (χ2v) is 33.6. The Balaban J connectivity index is 0.00000191. The average molecular weight is 1470 g/mol. The van der Waals surface area contributed by atoms with Gasteiger partial charge in [-0.05, 0) is 147 Å². The van der Waals surface area contributed by atoms with Crippen molar-refractivity contribution in [2.45, 2.75) is 515 Å². The molecule has 2 rings (SSSR count). The van der Waals surface area contributed by atoms with Gasteiger partial charge in [0.05, 0.1) is 9.79 Å². The quantitative estimate of drug-likeness (QED) is 0.0366. The molecule has 0 fully saturated rings. The SMILES string of the molecule is CCCCCCCCCCCCc1c(CCC)cc(S(=O)(=O)[O-])c(CCCCCCCCCCCC)c1CCCCCCCCCCCC.CCCCCCCCCCCCc1c(CCC)cc(S(=O)(=O)[O-])c(CCCCCCCCCCCC)c1CCCCCCCCCCCC.[O]=[Ti+2]. The zero-order valence-corrected chi connectivity index (χ0v) is 71.0. The monoisotopic (exact) mass is 1470 g/mol. The minimum atomic E-state index is -4.52. The van der Waals surface area contributed by atoms with E-state index in [1.807, 2.05) is 12.1 Å². The fourth-order valence-corrected chi connectivity index (χ4v) is 17.3. The van der Waals surface area contributed by atoms with E-state index in [1.54, 1.807) is 0 Å². The van der Waals surface area contributed by atoms with Gasteiger partial charge in [-0.15, -0.1) is 0 Å². The summed E-state index contributed by atoms with van der Waals surface area (Å²) < 4.78 is 85.0. The van der Waals surface area contributed by atoms with E-state index in [-0.39, 0.29) is 9.79 Å². The third kappa shape index (κ3) is 53.5. The van der Waals surface area contributed by atoms with E-state index >= 15 is 0 Å². The van der Waals surface area contributed by atoms with Crippen molar-refractivity contribution in [2.24, 2.45) is 0 Å². The van der Waals surface area contributed by atoms with Crippen LogP contribution >= 0.6 is 0 Å². The predicted octanol–water partition coefficient (Wildman–Crippen LogP) is 29.7. The fourth-order valence-electron chi connectivity index (χ4n) is 15.7. The van der Waals surface area contributed by atoms with E-state index in [0.717, 1.165) is 145 Å².